The number of benzene rings is 7. The lowest BCUT2D eigenvalue weighted by molar-refractivity contribution is 0.660. The molecule has 0 aliphatic heterocycles. The lowest BCUT2D eigenvalue weighted by atomic mass is 9.82. The fraction of sp³-hybridized carbons (Fsp3) is 0.0667. The van der Waals surface area contributed by atoms with Crippen LogP contribution in [0.4, 0.5) is 0 Å². The van der Waals surface area contributed by atoms with Crippen molar-refractivity contribution in [3.63, 3.8) is 0 Å². The lowest BCUT2D eigenvalue weighted by Gasteiger charge is -2.21. The van der Waals surface area contributed by atoms with Crippen molar-refractivity contribution in [2.75, 3.05) is 0 Å². The molecule has 1 aliphatic carbocycles. The molecule has 0 spiro atoms. The van der Waals surface area contributed by atoms with Gasteiger partial charge in [-0.2, -0.15) is 0 Å². The summed E-state index contributed by atoms with van der Waals surface area (Å²) in [5.74, 6) is 0. The van der Waals surface area contributed by atoms with Gasteiger partial charge in [0.2, 0.25) is 0 Å². The highest BCUT2D eigenvalue weighted by Gasteiger charge is 2.35. The summed E-state index contributed by atoms with van der Waals surface area (Å²) in [4.78, 5) is 0. The van der Waals surface area contributed by atoms with Gasteiger partial charge in [0, 0.05) is 38.3 Å². The minimum absolute atomic E-state index is 0.0258. The van der Waals surface area contributed by atoms with Crippen molar-refractivity contribution < 1.29 is 0 Å². The predicted octanol–water partition coefficient (Wildman–Crippen LogP) is 11.9. The molecule has 47 heavy (non-hydrogen) atoms. The van der Waals surface area contributed by atoms with Gasteiger partial charge in [-0.05, 0) is 75.8 Å². The Kier molecular flexibility index (Phi) is 5.37. The molecule has 0 saturated heterocycles. The Morgan fingerprint density at radius 1 is 0.404 bits per heavy atom. The Balaban J connectivity index is 1.28. The Morgan fingerprint density at radius 2 is 1.02 bits per heavy atom. The summed E-state index contributed by atoms with van der Waals surface area (Å²) >= 11 is 0. The van der Waals surface area contributed by atoms with Crippen molar-refractivity contribution in [3.05, 3.63) is 169 Å². The average molecular weight is 601 g/mol. The zero-order valence-corrected chi connectivity index (χ0v) is 26.4. The molecule has 0 bridgehead atoms. The second kappa shape index (κ2) is 9.57. The van der Waals surface area contributed by atoms with Gasteiger partial charge in [-0.3, -0.25) is 0 Å². The fourth-order valence-electron chi connectivity index (χ4n) is 8.34. The Hall–Kier alpha value is -5.86. The first kappa shape index (κ1) is 26.4. The molecule has 1 aliphatic rings. The van der Waals surface area contributed by atoms with Crippen LogP contribution in [0.5, 0.6) is 0 Å². The third kappa shape index (κ3) is 3.61. The highest BCUT2D eigenvalue weighted by Crippen LogP contribution is 2.50. The highest BCUT2D eigenvalue weighted by atomic mass is 15.0. The van der Waals surface area contributed by atoms with Crippen molar-refractivity contribution in [3.8, 4) is 33.6 Å². The maximum atomic E-state index is 2.51. The number of hydrogen-bond donors (Lipinski definition) is 0. The van der Waals surface area contributed by atoms with Crippen LogP contribution in [-0.2, 0) is 5.41 Å². The summed E-state index contributed by atoms with van der Waals surface area (Å²) in [5.41, 5.74) is 15.2. The number of nitrogens with zero attached hydrogens (tertiary/aromatic N) is 2. The average Bonchev–Trinajstić information content (AvgIpc) is 3.72. The molecular weight excluding hydrogens is 569 g/mol. The maximum Gasteiger partial charge on any atom is 0.0641 e. The number of aromatic nitrogens is 2. The molecule has 0 radical (unpaired) electrons. The smallest absolute Gasteiger partial charge is 0.0641 e. The molecule has 0 N–H and O–H groups in total. The normalized spacial score (nSPS) is 13.5. The Bertz CT molecular complexity index is 2680. The first-order valence-electron chi connectivity index (χ1n) is 16.5. The lowest BCUT2D eigenvalue weighted by Crippen LogP contribution is -2.14. The number of rotatable bonds is 3. The monoisotopic (exact) mass is 600 g/mol. The minimum atomic E-state index is -0.0258. The summed E-state index contributed by atoms with van der Waals surface area (Å²) in [6.45, 7) is 4.70. The Morgan fingerprint density at radius 3 is 1.83 bits per heavy atom. The van der Waals surface area contributed by atoms with Crippen LogP contribution in [0.15, 0.2) is 158 Å². The Labute approximate surface area is 273 Å². The highest BCUT2D eigenvalue weighted by molar-refractivity contribution is 6.26. The van der Waals surface area contributed by atoms with Gasteiger partial charge in [0.1, 0.15) is 0 Å². The van der Waals surface area contributed by atoms with E-state index in [0.717, 1.165) is 5.69 Å². The maximum absolute atomic E-state index is 2.51. The quantitative estimate of drug-likeness (QED) is 0.191. The summed E-state index contributed by atoms with van der Waals surface area (Å²) in [6, 6.07) is 58.0. The summed E-state index contributed by atoms with van der Waals surface area (Å²) < 4.78 is 4.94. The van der Waals surface area contributed by atoms with Crippen LogP contribution in [0.25, 0.3) is 77.2 Å². The van der Waals surface area contributed by atoms with Crippen LogP contribution in [0, 0.1) is 0 Å². The number of fused-ring (bicyclic) bond motifs is 10. The van der Waals surface area contributed by atoms with E-state index in [2.05, 4.69) is 181 Å². The van der Waals surface area contributed by atoms with E-state index in [9.17, 15) is 0 Å². The van der Waals surface area contributed by atoms with Gasteiger partial charge < -0.3 is 9.13 Å². The molecule has 0 atom stereocenters. The van der Waals surface area contributed by atoms with E-state index in [4.69, 9.17) is 0 Å². The molecule has 0 amide bonds. The number of hydrogen-bond acceptors (Lipinski definition) is 0. The van der Waals surface area contributed by atoms with Crippen LogP contribution in [0.3, 0.4) is 0 Å². The zero-order chi connectivity index (χ0) is 31.3. The molecule has 222 valence electrons. The zero-order valence-electron chi connectivity index (χ0n) is 26.4. The number of para-hydroxylation sites is 2. The summed E-state index contributed by atoms with van der Waals surface area (Å²) in [7, 11) is 0. The van der Waals surface area contributed by atoms with E-state index >= 15 is 0 Å². The molecule has 2 heteroatoms. The molecule has 0 saturated carbocycles. The van der Waals surface area contributed by atoms with Crippen molar-refractivity contribution >= 4 is 43.6 Å². The third-order valence-corrected chi connectivity index (χ3v) is 10.5. The summed E-state index contributed by atoms with van der Waals surface area (Å²) in [5, 5.41) is 5.09. The predicted molar refractivity (Wildman–Crippen MR) is 198 cm³/mol. The second-order valence-electron chi connectivity index (χ2n) is 13.4. The van der Waals surface area contributed by atoms with E-state index in [1.54, 1.807) is 0 Å². The van der Waals surface area contributed by atoms with Crippen LogP contribution in [-0.4, -0.2) is 9.13 Å². The van der Waals surface area contributed by atoms with Crippen molar-refractivity contribution in [2.24, 2.45) is 0 Å². The molecule has 2 heterocycles. The second-order valence-corrected chi connectivity index (χ2v) is 13.4. The van der Waals surface area contributed by atoms with Gasteiger partial charge in [0.25, 0.3) is 0 Å². The van der Waals surface area contributed by atoms with Gasteiger partial charge in [-0.1, -0.05) is 129 Å². The van der Waals surface area contributed by atoms with E-state index in [-0.39, 0.29) is 5.41 Å². The third-order valence-electron chi connectivity index (χ3n) is 10.5. The van der Waals surface area contributed by atoms with Crippen molar-refractivity contribution in [1.82, 2.24) is 9.13 Å². The molecule has 10 rings (SSSR count). The largest absolute Gasteiger partial charge is 0.309 e. The van der Waals surface area contributed by atoms with E-state index in [0.29, 0.717) is 0 Å². The molecule has 0 unspecified atom stereocenters. The fourth-order valence-corrected chi connectivity index (χ4v) is 8.34. The van der Waals surface area contributed by atoms with Crippen LogP contribution < -0.4 is 0 Å². The van der Waals surface area contributed by atoms with Crippen LogP contribution in [0.1, 0.15) is 25.0 Å². The standard InChI is InChI=1S/C45H32N2/c1-45(2)38-17-9-6-14-33(38)37-28-32(24-26-39(37)45)47-40-18-10-7-15-34(40)35-25-27-42-43(44(35)47)36-16-8-11-19-41(36)46(42)31-22-20-30(21-23-31)29-12-4-3-5-13-29/h3-28H,1-2H3. The van der Waals surface area contributed by atoms with Crippen LogP contribution in [0.2, 0.25) is 0 Å². The van der Waals surface area contributed by atoms with E-state index < -0.39 is 0 Å². The van der Waals surface area contributed by atoms with E-state index in [1.165, 1.54) is 82.7 Å². The topological polar surface area (TPSA) is 9.86 Å². The van der Waals surface area contributed by atoms with Crippen LogP contribution >= 0.6 is 0 Å². The van der Waals surface area contributed by atoms with E-state index in [1.807, 2.05) is 0 Å². The molecule has 2 aromatic heterocycles. The van der Waals surface area contributed by atoms with Gasteiger partial charge in [0.15, 0.2) is 0 Å². The molecule has 7 aromatic carbocycles. The van der Waals surface area contributed by atoms with Gasteiger partial charge in [-0.25, -0.2) is 0 Å². The first-order valence-corrected chi connectivity index (χ1v) is 16.5. The van der Waals surface area contributed by atoms with Crippen molar-refractivity contribution in [2.45, 2.75) is 19.3 Å². The first-order chi connectivity index (χ1) is 23.1. The molecular formula is C45H32N2. The van der Waals surface area contributed by atoms with Gasteiger partial charge in [0.05, 0.1) is 22.1 Å². The molecule has 9 aromatic rings. The van der Waals surface area contributed by atoms with Gasteiger partial charge >= 0.3 is 0 Å². The van der Waals surface area contributed by atoms with Gasteiger partial charge in [-0.15, -0.1) is 0 Å². The van der Waals surface area contributed by atoms with Crippen molar-refractivity contribution in [1.29, 1.82) is 0 Å². The SMILES string of the molecule is CC1(C)c2ccccc2-c2cc(-n3c4ccccc4c4ccc5c(c6ccccc6n5-c5ccc(-c6ccccc6)cc5)c43)ccc21. The minimum Gasteiger partial charge on any atom is -0.309 e. The molecule has 0 fully saturated rings. The summed E-state index contributed by atoms with van der Waals surface area (Å²) in [6.07, 6.45) is 0. The molecule has 2 nitrogen and oxygen atoms in total.